The van der Waals surface area contributed by atoms with Crippen molar-refractivity contribution in [3.05, 3.63) is 29.3 Å². The first kappa shape index (κ1) is 10.6. The Morgan fingerprint density at radius 2 is 1.93 bits per heavy atom. The summed E-state index contributed by atoms with van der Waals surface area (Å²) in [5.74, 6) is -1.58. The molecule has 0 spiro atoms. The number of hydrogen-bond donors (Lipinski definition) is 1. The van der Waals surface area contributed by atoms with Gasteiger partial charge in [-0.05, 0) is 11.0 Å². The number of benzene rings is 1. The van der Waals surface area contributed by atoms with Gasteiger partial charge >= 0.3 is 5.97 Å². The Morgan fingerprint density at radius 3 is 2.29 bits per heavy atom. The van der Waals surface area contributed by atoms with Gasteiger partial charge in [0.2, 0.25) is 0 Å². The highest BCUT2D eigenvalue weighted by Crippen LogP contribution is 2.29. The molecule has 76 valence electrons. The molecule has 14 heavy (non-hydrogen) atoms. The van der Waals surface area contributed by atoms with Crippen LogP contribution < -0.4 is 5.11 Å². The maximum absolute atomic E-state index is 11.3. The predicted molar refractivity (Wildman–Crippen MR) is 51.5 cm³/mol. The Labute approximate surface area is 83.0 Å². The molecule has 0 aromatic heterocycles. The maximum Gasteiger partial charge on any atom is 0.335 e. The minimum atomic E-state index is -1.15. The van der Waals surface area contributed by atoms with Crippen LogP contribution in [0.25, 0.3) is 0 Å². The van der Waals surface area contributed by atoms with Crippen molar-refractivity contribution < 1.29 is 15.0 Å². The molecule has 3 nitrogen and oxygen atoms in total. The van der Waals surface area contributed by atoms with E-state index < -0.39 is 11.7 Å². The van der Waals surface area contributed by atoms with Crippen molar-refractivity contribution in [1.29, 1.82) is 0 Å². The zero-order valence-electron chi connectivity index (χ0n) is 8.50. The first-order valence-corrected chi connectivity index (χ1v) is 4.38. The van der Waals surface area contributed by atoms with Crippen LogP contribution >= 0.6 is 0 Å². The minimum Gasteiger partial charge on any atom is -0.872 e. The summed E-state index contributed by atoms with van der Waals surface area (Å²) >= 11 is 0. The molecule has 0 radical (unpaired) electrons. The summed E-state index contributed by atoms with van der Waals surface area (Å²) in [6.07, 6.45) is 0. The van der Waals surface area contributed by atoms with E-state index in [0.29, 0.717) is 5.56 Å². The summed E-state index contributed by atoms with van der Waals surface area (Å²) < 4.78 is 0. The zero-order valence-corrected chi connectivity index (χ0v) is 8.50. The lowest BCUT2D eigenvalue weighted by Crippen LogP contribution is -2.18. The number of carbonyl (C=O) groups is 1. The number of carboxylic acids is 1. The average Bonchev–Trinajstić information content (AvgIpc) is 2.01. The fraction of sp³-hybridized carbons (Fsp3) is 0.364. The molecule has 0 bridgehead atoms. The van der Waals surface area contributed by atoms with Gasteiger partial charge in [0.1, 0.15) is 0 Å². The SMILES string of the molecule is CC(C)(C)c1cccc([O-])c1C(=O)O. The van der Waals surface area contributed by atoms with E-state index >= 15 is 0 Å². The molecule has 0 aliphatic rings. The zero-order chi connectivity index (χ0) is 10.9. The van der Waals surface area contributed by atoms with Crippen LogP contribution in [0.5, 0.6) is 5.75 Å². The number of aromatic carboxylic acids is 1. The molecule has 1 rings (SSSR count). The average molecular weight is 193 g/mol. The highest BCUT2D eigenvalue weighted by Gasteiger charge is 2.21. The molecule has 0 aliphatic carbocycles. The Morgan fingerprint density at radius 1 is 1.36 bits per heavy atom. The monoisotopic (exact) mass is 193 g/mol. The van der Waals surface area contributed by atoms with Gasteiger partial charge in [0, 0.05) is 0 Å². The molecule has 0 heterocycles. The largest absolute Gasteiger partial charge is 0.872 e. The van der Waals surface area contributed by atoms with E-state index in [1.165, 1.54) is 6.07 Å². The summed E-state index contributed by atoms with van der Waals surface area (Å²) in [5, 5.41) is 20.3. The van der Waals surface area contributed by atoms with E-state index in [4.69, 9.17) is 5.11 Å². The Kier molecular flexibility index (Phi) is 2.51. The van der Waals surface area contributed by atoms with Crippen LogP contribution in [-0.2, 0) is 5.41 Å². The molecule has 0 amide bonds. The molecule has 1 aromatic carbocycles. The van der Waals surface area contributed by atoms with Gasteiger partial charge in [-0.15, -0.1) is 0 Å². The van der Waals surface area contributed by atoms with Gasteiger partial charge in [-0.1, -0.05) is 44.7 Å². The van der Waals surface area contributed by atoms with Gasteiger partial charge in [-0.25, -0.2) is 4.79 Å². The van der Waals surface area contributed by atoms with Crippen LogP contribution in [0.3, 0.4) is 0 Å². The lowest BCUT2D eigenvalue weighted by atomic mass is 9.83. The topological polar surface area (TPSA) is 60.4 Å². The maximum atomic E-state index is 11.3. The molecule has 1 aromatic rings. The van der Waals surface area contributed by atoms with Crippen molar-refractivity contribution in [2.45, 2.75) is 26.2 Å². The molecule has 0 fully saturated rings. The van der Waals surface area contributed by atoms with Gasteiger partial charge in [-0.3, -0.25) is 0 Å². The lowest BCUT2D eigenvalue weighted by Gasteiger charge is -2.24. The standard InChI is InChI=1S/C11H14O3/c1-11(2,3)7-5-4-6-8(12)9(7)10(13)14/h4-6,12H,1-3H3,(H,13,14)/p-1. The first-order chi connectivity index (χ1) is 6.34. The Balaban J connectivity index is 3.44. The molecule has 0 saturated carbocycles. The Hall–Kier alpha value is -1.51. The second-order valence-corrected chi connectivity index (χ2v) is 4.23. The molecule has 0 aliphatic heterocycles. The molecule has 1 N–H and O–H groups in total. The highest BCUT2D eigenvalue weighted by atomic mass is 16.4. The van der Waals surface area contributed by atoms with Crippen molar-refractivity contribution in [2.24, 2.45) is 0 Å². The quantitative estimate of drug-likeness (QED) is 0.739. The summed E-state index contributed by atoms with van der Waals surface area (Å²) in [4.78, 5) is 10.9. The van der Waals surface area contributed by atoms with Gasteiger partial charge in [0.25, 0.3) is 0 Å². The van der Waals surface area contributed by atoms with Crippen LogP contribution in [0.15, 0.2) is 18.2 Å². The summed E-state index contributed by atoms with van der Waals surface area (Å²) in [6, 6.07) is 4.55. The minimum absolute atomic E-state index is 0.111. The van der Waals surface area contributed by atoms with Crippen LogP contribution in [-0.4, -0.2) is 11.1 Å². The van der Waals surface area contributed by atoms with Gasteiger partial charge in [0.15, 0.2) is 0 Å². The van der Waals surface area contributed by atoms with E-state index in [0.717, 1.165) is 0 Å². The molecule has 0 saturated heterocycles. The van der Waals surface area contributed by atoms with Crippen molar-refractivity contribution in [1.82, 2.24) is 0 Å². The second-order valence-electron chi connectivity index (χ2n) is 4.23. The first-order valence-electron chi connectivity index (χ1n) is 4.38. The van der Waals surface area contributed by atoms with Crippen molar-refractivity contribution >= 4 is 5.97 Å². The van der Waals surface area contributed by atoms with E-state index in [1.54, 1.807) is 12.1 Å². The van der Waals surface area contributed by atoms with Gasteiger partial charge < -0.3 is 10.2 Å². The van der Waals surface area contributed by atoms with E-state index in [1.807, 2.05) is 20.8 Å². The summed E-state index contributed by atoms with van der Waals surface area (Å²) in [5.41, 5.74) is 0.145. The van der Waals surface area contributed by atoms with Crippen molar-refractivity contribution in [2.75, 3.05) is 0 Å². The van der Waals surface area contributed by atoms with Crippen molar-refractivity contribution in [3.63, 3.8) is 0 Å². The van der Waals surface area contributed by atoms with Crippen molar-refractivity contribution in [3.8, 4) is 5.75 Å². The number of rotatable bonds is 1. The molecular weight excluding hydrogens is 180 g/mol. The van der Waals surface area contributed by atoms with Gasteiger partial charge in [0.05, 0.1) is 5.56 Å². The summed E-state index contributed by atoms with van der Waals surface area (Å²) in [6.45, 7) is 5.65. The fourth-order valence-electron chi connectivity index (χ4n) is 1.38. The summed E-state index contributed by atoms with van der Waals surface area (Å²) in [7, 11) is 0. The third-order valence-corrected chi connectivity index (χ3v) is 2.05. The van der Waals surface area contributed by atoms with E-state index in [9.17, 15) is 9.90 Å². The number of hydrogen-bond acceptors (Lipinski definition) is 2. The van der Waals surface area contributed by atoms with Crippen LogP contribution in [0, 0.1) is 0 Å². The lowest BCUT2D eigenvalue weighted by molar-refractivity contribution is -0.268. The molecule has 0 atom stereocenters. The van der Waals surface area contributed by atoms with Crippen LogP contribution in [0.2, 0.25) is 0 Å². The van der Waals surface area contributed by atoms with Gasteiger partial charge in [-0.2, -0.15) is 0 Å². The third-order valence-electron chi connectivity index (χ3n) is 2.05. The molecular formula is C11H13O3-. The van der Waals surface area contributed by atoms with Crippen LogP contribution in [0.1, 0.15) is 36.7 Å². The van der Waals surface area contributed by atoms with Crippen LogP contribution in [0.4, 0.5) is 0 Å². The van der Waals surface area contributed by atoms with E-state index in [2.05, 4.69) is 0 Å². The predicted octanol–water partition coefficient (Wildman–Crippen LogP) is 1.76. The second kappa shape index (κ2) is 3.33. The fourth-order valence-corrected chi connectivity index (χ4v) is 1.38. The molecule has 3 heteroatoms. The molecule has 0 unspecified atom stereocenters. The number of carboxylic acid groups (broad SMARTS) is 1. The smallest absolute Gasteiger partial charge is 0.335 e. The third kappa shape index (κ3) is 1.87. The Bertz CT molecular complexity index is 361. The highest BCUT2D eigenvalue weighted by molar-refractivity contribution is 5.92. The normalized spacial score (nSPS) is 11.4. The van der Waals surface area contributed by atoms with E-state index in [-0.39, 0.29) is 11.0 Å².